The van der Waals surface area contributed by atoms with E-state index in [1.54, 1.807) is 6.33 Å². The largest absolute Gasteiger partial charge is 0.346 e. The molecule has 18 heavy (non-hydrogen) atoms. The normalized spacial score (nSPS) is 25.7. The summed E-state index contributed by atoms with van der Waals surface area (Å²) in [6.07, 6.45) is 3.65. The number of hydrogen-bond acceptors (Lipinski definition) is 4. The molecule has 1 aliphatic heterocycles. The predicted octanol–water partition coefficient (Wildman–Crippen LogP) is 0.380. The van der Waals surface area contributed by atoms with Crippen LogP contribution in [-0.2, 0) is 11.8 Å². The first-order chi connectivity index (χ1) is 8.59. The fourth-order valence-electron chi connectivity index (χ4n) is 2.47. The molecule has 0 radical (unpaired) electrons. The van der Waals surface area contributed by atoms with Crippen LogP contribution in [0.1, 0.15) is 38.6 Å². The maximum atomic E-state index is 12.2. The number of aryl methyl sites for hydroxylation is 1. The van der Waals surface area contributed by atoms with Crippen LogP contribution in [0, 0.1) is 5.92 Å². The average Bonchev–Trinajstić information content (AvgIpc) is 2.76. The molecule has 6 nitrogen and oxygen atoms in total. The van der Waals surface area contributed by atoms with Crippen molar-refractivity contribution in [1.29, 1.82) is 0 Å². The van der Waals surface area contributed by atoms with Gasteiger partial charge in [-0.3, -0.25) is 4.79 Å². The molecule has 1 amide bonds. The highest BCUT2D eigenvalue weighted by molar-refractivity contribution is 5.79. The van der Waals surface area contributed by atoms with E-state index < -0.39 is 0 Å². The highest BCUT2D eigenvalue weighted by Crippen LogP contribution is 2.18. The molecule has 0 aromatic carbocycles. The topological polar surface area (TPSA) is 71.8 Å². The van der Waals surface area contributed by atoms with Crippen LogP contribution in [0.2, 0.25) is 0 Å². The van der Waals surface area contributed by atoms with E-state index in [1.165, 1.54) is 0 Å². The van der Waals surface area contributed by atoms with Crippen LogP contribution in [0.25, 0.3) is 0 Å². The summed E-state index contributed by atoms with van der Waals surface area (Å²) in [4.78, 5) is 12.2. The molecule has 6 heteroatoms. The Morgan fingerprint density at radius 3 is 3.06 bits per heavy atom. The number of amides is 1. The molecule has 1 aromatic heterocycles. The van der Waals surface area contributed by atoms with Crippen molar-refractivity contribution in [3.05, 3.63) is 12.2 Å². The zero-order chi connectivity index (χ0) is 13.1. The minimum absolute atomic E-state index is 0.0504. The van der Waals surface area contributed by atoms with Crippen LogP contribution in [0.5, 0.6) is 0 Å². The van der Waals surface area contributed by atoms with Gasteiger partial charge in [-0.2, -0.15) is 0 Å². The van der Waals surface area contributed by atoms with Crippen molar-refractivity contribution in [2.75, 3.05) is 6.54 Å². The number of hydrogen-bond donors (Lipinski definition) is 2. The molecule has 3 unspecified atom stereocenters. The van der Waals surface area contributed by atoms with Gasteiger partial charge in [-0.25, -0.2) is 0 Å². The number of nitrogens with zero attached hydrogens (tertiary/aromatic N) is 3. The van der Waals surface area contributed by atoms with Crippen LogP contribution in [0.15, 0.2) is 6.33 Å². The number of nitrogens with one attached hydrogen (secondary N) is 2. The van der Waals surface area contributed by atoms with Gasteiger partial charge in [0.15, 0.2) is 5.82 Å². The zero-order valence-corrected chi connectivity index (χ0v) is 11.2. The summed E-state index contributed by atoms with van der Waals surface area (Å²) < 4.78 is 1.83. The van der Waals surface area contributed by atoms with Gasteiger partial charge >= 0.3 is 0 Å². The van der Waals surface area contributed by atoms with E-state index in [1.807, 2.05) is 18.5 Å². The molecule has 0 bridgehead atoms. The maximum Gasteiger partial charge on any atom is 0.225 e. The van der Waals surface area contributed by atoms with Gasteiger partial charge < -0.3 is 15.2 Å². The van der Waals surface area contributed by atoms with Crippen molar-refractivity contribution < 1.29 is 4.79 Å². The van der Waals surface area contributed by atoms with Gasteiger partial charge in [0.2, 0.25) is 5.91 Å². The number of carbonyl (C=O) groups is 1. The summed E-state index contributed by atoms with van der Waals surface area (Å²) in [6.45, 7) is 5.00. The van der Waals surface area contributed by atoms with Gasteiger partial charge in [0.25, 0.3) is 0 Å². The Bertz CT molecular complexity index is 416. The van der Waals surface area contributed by atoms with Crippen molar-refractivity contribution in [2.45, 2.75) is 38.8 Å². The molecule has 1 fully saturated rings. The lowest BCUT2D eigenvalue weighted by atomic mass is 9.91. The first kappa shape index (κ1) is 13.0. The van der Waals surface area contributed by atoms with Gasteiger partial charge in [0.1, 0.15) is 6.33 Å². The third-order valence-electron chi connectivity index (χ3n) is 3.59. The van der Waals surface area contributed by atoms with Gasteiger partial charge in [-0.1, -0.05) is 0 Å². The fraction of sp³-hybridized carbons (Fsp3) is 0.750. The molecule has 0 saturated carbocycles. The lowest BCUT2D eigenvalue weighted by Gasteiger charge is -2.29. The number of carbonyl (C=O) groups excluding carboxylic acids is 1. The molecular weight excluding hydrogens is 230 g/mol. The van der Waals surface area contributed by atoms with E-state index in [9.17, 15) is 4.79 Å². The molecule has 1 saturated heterocycles. The zero-order valence-electron chi connectivity index (χ0n) is 11.2. The van der Waals surface area contributed by atoms with E-state index in [0.717, 1.165) is 25.2 Å². The molecule has 2 heterocycles. The number of aromatic nitrogens is 3. The molecular formula is C12H21N5O. The first-order valence-electron chi connectivity index (χ1n) is 6.47. The Balaban J connectivity index is 1.96. The summed E-state index contributed by atoms with van der Waals surface area (Å²) in [5.74, 6) is 0.930. The highest BCUT2D eigenvalue weighted by Gasteiger charge is 2.28. The SMILES string of the molecule is CC(NC(=O)C1CCCNC1C)c1nncn1C. The van der Waals surface area contributed by atoms with E-state index in [-0.39, 0.29) is 23.9 Å². The molecule has 3 atom stereocenters. The molecule has 2 N–H and O–H groups in total. The van der Waals surface area contributed by atoms with Crippen molar-refractivity contribution in [1.82, 2.24) is 25.4 Å². The second-order valence-electron chi connectivity index (χ2n) is 5.02. The molecule has 1 aromatic rings. The van der Waals surface area contributed by atoms with Crippen molar-refractivity contribution >= 4 is 5.91 Å². The Labute approximate surface area is 107 Å². The summed E-state index contributed by atoms with van der Waals surface area (Å²) in [6, 6.07) is 0.129. The first-order valence-corrected chi connectivity index (χ1v) is 6.47. The Kier molecular flexibility index (Phi) is 3.96. The summed E-state index contributed by atoms with van der Waals surface area (Å²) >= 11 is 0. The second-order valence-corrected chi connectivity index (χ2v) is 5.02. The smallest absolute Gasteiger partial charge is 0.225 e. The minimum atomic E-state index is -0.112. The van der Waals surface area contributed by atoms with Crippen molar-refractivity contribution in [3.8, 4) is 0 Å². The lowest BCUT2D eigenvalue weighted by Crippen LogP contribution is -2.47. The minimum Gasteiger partial charge on any atom is -0.346 e. The quantitative estimate of drug-likeness (QED) is 0.814. The highest BCUT2D eigenvalue weighted by atomic mass is 16.2. The van der Waals surface area contributed by atoms with Gasteiger partial charge in [-0.15, -0.1) is 10.2 Å². The van der Waals surface area contributed by atoms with Crippen LogP contribution >= 0.6 is 0 Å². The molecule has 1 aliphatic rings. The molecule has 0 aliphatic carbocycles. The van der Waals surface area contributed by atoms with Crippen LogP contribution in [-0.4, -0.2) is 33.3 Å². The van der Waals surface area contributed by atoms with E-state index in [2.05, 4.69) is 27.8 Å². The standard InChI is InChI=1S/C12H21N5O/c1-8-10(5-4-6-13-8)12(18)15-9(2)11-16-14-7-17(11)3/h7-10,13H,4-6H2,1-3H3,(H,15,18). The van der Waals surface area contributed by atoms with Gasteiger partial charge in [0, 0.05) is 13.1 Å². The van der Waals surface area contributed by atoms with Gasteiger partial charge in [-0.05, 0) is 33.2 Å². The summed E-state index contributed by atoms with van der Waals surface area (Å²) in [5, 5.41) is 14.2. The Hall–Kier alpha value is -1.43. The van der Waals surface area contributed by atoms with Gasteiger partial charge in [0.05, 0.1) is 12.0 Å². The van der Waals surface area contributed by atoms with E-state index in [0.29, 0.717) is 0 Å². The Morgan fingerprint density at radius 1 is 1.67 bits per heavy atom. The maximum absolute atomic E-state index is 12.2. The van der Waals surface area contributed by atoms with E-state index in [4.69, 9.17) is 0 Å². The van der Waals surface area contributed by atoms with Crippen molar-refractivity contribution in [3.63, 3.8) is 0 Å². The lowest BCUT2D eigenvalue weighted by molar-refractivity contribution is -0.127. The molecule has 2 rings (SSSR count). The monoisotopic (exact) mass is 251 g/mol. The summed E-state index contributed by atoms with van der Waals surface area (Å²) in [5.41, 5.74) is 0. The van der Waals surface area contributed by atoms with Crippen molar-refractivity contribution in [2.24, 2.45) is 13.0 Å². The second kappa shape index (κ2) is 5.48. The van der Waals surface area contributed by atoms with Crippen LogP contribution in [0.4, 0.5) is 0 Å². The molecule has 0 spiro atoms. The summed E-state index contributed by atoms with van der Waals surface area (Å²) in [7, 11) is 1.88. The third-order valence-corrected chi connectivity index (χ3v) is 3.59. The Morgan fingerprint density at radius 2 is 2.44 bits per heavy atom. The van der Waals surface area contributed by atoms with Crippen LogP contribution < -0.4 is 10.6 Å². The third kappa shape index (κ3) is 2.69. The fourth-order valence-corrected chi connectivity index (χ4v) is 2.47. The number of piperidine rings is 1. The predicted molar refractivity (Wildman–Crippen MR) is 67.7 cm³/mol. The van der Waals surface area contributed by atoms with E-state index >= 15 is 0 Å². The average molecular weight is 251 g/mol. The molecule has 100 valence electrons. The number of rotatable bonds is 3. The van der Waals surface area contributed by atoms with Crippen LogP contribution in [0.3, 0.4) is 0 Å².